The van der Waals surface area contributed by atoms with E-state index in [4.69, 9.17) is 0 Å². The molecule has 0 aromatic carbocycles. The Balaban J connectivity index is 2.62. The molecule has 1 radical (unpaired) electrons. The van der Waals surface area contributed by atoms with Crippen LogP contribution >= 0.6 is 28.6 Å². The van der Waals surface area contributed by atoms with E-state index in [9.17, 15) is 0 Å². The van der Waals surface area contributed by atoms with Crippen molar-refractivity contribution in [3.63, 3.8) is 0 Å². The van der Waals surface area contributed by atoms with E-state index in [2.05, 4.69) is 28.6 Å². The minimum atomic E-state index is 0.700. The Bertz CT molecular complexity index is 33.9. The van der Waals surface area contributed by atoms with Crippen molar-refractivity contribution >= 4 is 28.6 Å². The monoisotopic (exact) mass is 151 g/mol. The van der Waals surface area contributed by atoms with E-state index in [0.29, 0.717) is 5.75 Å². The molecule has 0 aromatic heterocycles. The van der Waals surface area contributed by atoms with Crippen LogP contribution in [0.15, 0.2) is 11.1 Å². The Morgan fingerprint density at radius 2 is 2.40 bits per heavy atom. The van der Waals surface area contributed by atoms with Crippen LogP contribution in [0, 0.1) is 0 Å². The summed E-state index contributed by atoms with van der Waals surface area (Å²) < 4.78 is 0. The molecule has 0 rings (SSSR count). The minimum absolute atomic E-state index is 0.700. The molecule has 0 N–H and O–H groups in total. The Morgan fingerprint density at radius 3 is 2.40 bits per heavy atom. The molecule has 0 aliphatic carbocycles. The Morgan fingerprint density at radius 1 is 1.80 bits per heavy atom. The molecule has 0 nitrogen and oxygen atoms in total. The normalized spacial score (nSPS) is 10.0. The van der Waals surface area contributed by atoms with E-state index in [1.807, 2.05) is 6.08 Å². The molecule has 0 heterocycles. The number of hydrogen-bond acceptors (Lipinski definition) is 0. The van der Waals surface area contributed by atoms with Crippen molar-refractivity contribution in [2.45, 2.75) is 0 Å². The number of halogens is 1. The first-order valence-corrected chi connectivity index (χ1v) is 2.74. The van der Waals surface area contributed by atoms with Crippen LogP contribution in [0.4, 0.5) is 0 Å². The third-order valence-corrected chi connectivity index (χ3v) is 0.752. The summed E-state index contributed by atoms with van der Waals surface area (Å²) in [4.78, 5) is 1.76. The van der Waals surface area contributed by atoms with Gasteiger partial charge in [0.2, 0.25) is 0 Å². The van der Waals surface area contributed by atoms with Crippen LogP contribution in [0.2, 0.25) is 0 Å². The fourth-order valence-electron chi connectivity index (χ4n) is 0.0364. The van der Waals surface area contributed by atoms with E-state index < -0.39 is 0 Å². The van der Waals surface area contributed by atoms with Gasteiger partial charge in [-0.1, -0.05) is 34.6 Å². The smallest absolute Gasteiger partial charge is 0.0225 e. The first-order chi connectivity index (χ1) is 2.41. The van der Waals surface area contributed by atoms with Crippen LogP contribution in [-0.4, -0.2) is 5.75 Å². The third kappa shape index (κ3) is 4.57. The average molecular weight is 152 g/mol. The minimum Gasteiger partial charge on any atom is -0.0896 e. The maximum Gasteiger partial charge on any atom is 0.0225 e. The van der Waals surface area contributed by atoms with Gasteiger partial charge in [0.25, 0.3) is 0 Å². The summed E-state index contributed by atoms with van der Waals surface area (Å²) in [5.74, 6) is 0.700. The second-order valence-electron chi connectivity index (χ2n) is 0.528. The molecule has 2 heteroatoms. The molecule has 0 fully saturated rings. The van der Waals surface area contributed by atoms with Gasteiger partial charge in [0, 0.05) is 5.75 Å². The molecule has 0 aliphatic rings. The van der Waals surface area contributed by atoms with E-state index in [1.54, 1.807) is 4.99 Å². The van der Waals surface area contributed by atoms with E-state index in [1.165, 1.54) is 0 Å². The van der Waals surface area contributed by atoms with Crippen LogP contribution < -0.4 is 0 Å². The predicted molar refractivity (Wildman–Crippen MR) is 30.5 cm³/mol. The summed E-state index contributed by atoms with van der Waals surface area (Å²) in [6.45, 7) is 0. The highest BCUT2D eigenvalue weighted by Crippen LogP contribution is 1.82. The van der Waals surface area contributed by atoms with Gasteiger partial charge in [0.15, 0.2) is 0 Å². The quantitative estimate of drug-likeness (QED) is 0.539. The largest absolute Gasteiger partial charge is 0.0896 e. The molecule has 0 aliphatic heterocycles. The summed E-state index contributed by atoms with van der Waals surface area (Å²) in [5, 5.41) is 0. The maximum absolute atomic E-state index is 4.53. The summed E-state index contributed by atoms with van der Waals surface area (Å²) in [6, 6.07) is 0. The second-order valence-corrected chi connectivity index (χ2v) is 1.39. The molecule has 0 spiro atoms. The summed E-state index contributed by atoms with van der Waals surface area (Å²) in [6.07, 6.45) is 1.86. The van der Waals surface area contributed by atoms with Crippen LogP contribution in [0.3, 0.4) is 0 Å². The lowest BCUT2D eigenvalue weighted by Gasteiger charge is -1.61. The van der Waals surface area contributed by atoms with Gasteiger partial charge in [-0.25, -0.2) is 0 Å². The SMILES string of the molecule is [S]CC=CBr. The molecular formula is C3H4BrS. The van der Waals surface area contributed by atoms with Gasteiger partial charge in [-0.3, -0.25) is 0 Å². The molecule has 0 unspecified atom stereocenters. The van der Waals surface area contributed by atoms with E-state index in [0.717, 1.165) is 0 Å². The summed E-state index contributed by atoms with van der Waals surface area (Å²) in [7, 11) is 0. The predicted octanol–water partition coefficient (Wildman–Crippen LogP) is 2.09. The molecule has 29 valence electrons. The Hall–Kier alpha value is 0.570. The standard InChI is InChI=1S/C3H4BrS/c4-2-1-3-5/h1-2H,3H2. The molecule has 0 atom stereocenters. The molecule has 0 saturated carbocycles. The number of rotatable bonds is 1. The average Bonchev–Trinajstić information content (AvgIpc) is 1.41. The fourth-order valence-corrected chi connectivity index (χ4v) is 0.567. The van der Waals surface area contributed by atoms with Crippen molar-refractivity contribution < 1.29 is 0 Å². The van der Waals surface area contributed by atoms with Gasteiger partial charge >= 0.3 is 0 Å². The molecule has 0 bridgehead atoms. The zero-order valence-electron chi connectivity index (χ0n) is 2.65. The van der Waals surface area contributed by atoms with E-state index >= 15 is 0 Å². The summed E-state index contributed by atoms with van der Waals surface area (Å²) >= 11 is 7.60. The van der Waals surface area contributed by atoms with Crippen molar-refractivity contribution in [3.05, 3.63) is 11.1 Å². The third-order valence-electron chi connectivity index (χ3n) is 0.185. The van der Waals surface area contributed by atoms with Gasteiger partial charge in [-0.2, -0.15) is 0 Å². The van der Waals surface area contributed by atoms with Crippen LogP contribution in [0.1, 0.15) is 0 Å². The van der Waals surface area contributed by atoms with Crippen molar-refractivity contribution in [1.82, 2.24) is 0 Å². The zero-order chi connectivity index (χ0) is 4.12. The van der Waals surface area contributed by atoms with Crippen LogP contribution in [0.5, 0.6) is 0 Å². The molecular weight excluding hydrogens is 148 g/mol. The van der Waals surface area contributed by atoms with Crippen molar-refractivity contribution in [3.8, 4) is 0 Å². The fraction of sp³-hybridized carbons (Fsp3) is 0.333. The lowest BCUT2D eigenvalue weighted by atomic mass is 10.8. The molecule has 5 heavy (non-hydrogen) atoms. The van der Waals surface area contributed by atoms with Crippen molar-refractivity contribution in [1.29, 1.82) is 0 Å². The van der Waals surface area contributed by atoms with Gasteiger partial charge in [0.1, 0.15) is 0 Å². The second kappa shape index (κ2) is 4.57. The lowest BCUT2D eigenvalue weighted by Crippen LogP contribution is -1.49. The summed E-state index contributed by atoms with van der Waals surface area (Å²) in [5.41, 5.74) is 0. The molecule has 0 saturated heterocycles. The highest BCUT2D eigenvalue weighted by Gasteiger charge is 1.55. The Labute approximate surface area is 45.8 Å². The first kappa shape index (κ1) is 5.57. The Kier molecular flexibility index (Phi) is 5.09. The van der Waals surface area contributed by atoms with Crippen molar-refractivity contribution in [2.24, 2.45) is 0 Å². The van der Waals surface area contributed by atoms with E-state index in [-0.39, 0.29) is 0 Å². The molecule has 0 amide bonds. The van der Waals surface area contributed by atoms with Gasteiger partial charge < -0.3 is 0 Å². The van der Waals surface area contributed by atoms with Crippen molar-refractivity contribution in [2.75, 3.05) is 5.75 Å². The van der Waals surface area contributed by atoms with Crippen LogP contribution in [0.25, 0.3) is 0 Å². The maximum atomic E-state index is 4.53. The zero-order valence-corrected chi connectivity index (χ0v) is 5.05. The number of hydrogen-bond donors (Lipinski definition) is 0. The highest BCUT2D eigenvalue weighted by molar-refractivity contribution is 9.11. The first-order valence-electron chi connectivity index (χ1n) is 1.25. The van der Waals surface area contributed by atoms with Gasteiger partial charge in [-0.15, -0.1) is 0 Å². The van der Waals surface area contributed by atoms with Crippen LogP contribution in [-0.2, 0) is 0 Å². The highest BCUT2D eigenvalue weighted by atomic mass is 79.9. The lowest BCUT2D eigenvalue weighted by molar-refractivity contribution is 1.84. The topological polar surface area (TPSA) is 0 Å². The van der Waals surface area contributed by atoms with Gasteiger partial charge in [-0.05, 0) is 4.99 Å². The molecule has 0 aromatic rings. The van der Waals surface area contributed by atoms with Gasteiger partial charge in [0.05, 0.1) is 0 Å².